The summed E-state index contributed by atoms with van der Waals surface area (Å²) in [6, 6.07) is 9.18. The Morgan fingerprint density at radius 3 is 2.45 bits per heavy atom. The summed E-state index contributed by atoms with van der Waals surface area (Å²) < 4.78 is 0. The summed E-state index contributed by atoms with van der Waals surface area (Å²) >= 11 is 19.8. The van der Waals surface area contributed by atoms with Crippen LogP contribution in [0.3, 0.4) is 0 Å². The van der Waals surface area contributed by atoms with Crippen LogP contribution in [-0.2, 0) is 0 Å². The minimum atomic E-state index is 0. The van der Waals surface area contributed by atoms with Crippen molar-refractivity contribution in [3.05, 3.63) is 51.7 Å². The lowest BCUT2D eigenvalue weighted by molar-refractivity contribution is 1.34. The van der Waals surface area contributed by atoms with Gasteiger partial charge in [-0.05, 0) is 30.3 Å². The molecular weight excluding hydrogens is 358 g/mol. The number of nitrogens with one attached hydrogen (secondary N) is 1. The van der Waals surface area contributed by atoms with Gasteiger partial charge < -0.3 is 4.98 Å². The molecule has 3 aromatic rings. The number of H-pyrrole nitrogens is 1. The van der Waals surface area contributed by atoms with Gasteiger partial charge in [0.15, 0.2) is 0 Å². The van der Waals surface area contributed by atoms with E-state index in [2.05, 4.69) is 9.97 Å². The molecule has 1 aromatic heterocycles. The van der Waals surface area contributed by atoms with Gasteiger partial charge in [0.1, 0.15) is 0 Å². The number of halogens is 4. The van der Waals surface area contributed by atoms with Gasteiger partial charge in [-0.3, -0.25) is 0 Å². The van der Waals surface area contributed by atoms with Gasteiger partial charge in [0.25, 0.3) is 0 Å². The number of hydrogen-bond donors (Lipinski definition) is 1. The van der Waals surface area contributed by atoms with Crippen LogP contribution in [-0.4, -0.2) is 9.97 Å². The van der Waals surface area contributed by atoms with Crippen molar-refractivity contribution >= 4 is 70.0 Å². The van der Waals surface area contributed by atoms with Crippen molar-refractivity contribution in [2.24, 2.45) is 0 Å². The Kier molecular flexibility index (Phi) is 5.10. The Labute approximate surface area is 141 Å². The second kappa shape index (κ2) is 6.46. The average Bonchev–Trinajstić information content (AvgIpc) is 2.80. The van der Waals surface area contributed by atoms with E-state index in [1.165, 1.54) is 11.8 Å². The number of benzene rings is 2. The molecule has 1 N–H and O–H groups in total. The summed E-state index contributed by atoms with van der Waals surface area (Å²) in [7, 11) is 0. The molecule has 0 radical (unpaired) electrons. The van der Waals surface area contributed by atoms with Crippen LogP contribution in [0.5, 0.6) is 0 Å². The van der Waals surface area contributed by atoms with Gasteiger partial charge >= 0.3 is 0 Å². The number of nitrogens with zero attached hydrogens (tertiary/aromatic N) is 1. The molecule has 0 bridgehead atoms. The summed E-state index contributed by atoms with van der Waals surface area (Å²) in [6.07, 6.45) is 1.64. The number of aromatic nitrogens is 2. The number of hydrogen-bond acceptors (Lipinski definition) is 2. The SMILES string of the molecule is Cl.Clc1ccc(Sc2cc3nc[nH]c3cc2Cl)c(Cl)c1. The fourth-order valence-corrected chi connectivity index (χ4v) is 3.35. The molecule has 0 aliphatic heterocycles. The zero-order chi connectivity index (χ0) is 13.4. The first-order valence-electron chi connectivity index (χ1n) is 5.39. The lowest BCUT2D eigenvalue weighted by Crippen LogP contribution is -1.79. The number of rotatable bonds is 2. The average molecular weight is 366 g/mol. The van der Waals surface area contributed by atoms with Crippen LogP contribution in [0.1, 0.15) is 0 Å². The first-order chi connectivity index (χ1) is 9.13. The van der Waals surface area contributed by atoms with E-state index in [0.717, 1.165) is 20.8 Å². The first kappa shape index (κ1) is 15.8. The van der Waals surface area contributed by atoms with Gasteiger partial charge in [0.2, 0.25) is 0 Å². The summed E-state index contributed by atoms with van der Waals surface area (Å²) in [4.78, 5) is 9.05. The highest BCUT2D eigenvalue weighted by Gasteiger charge is 2.09. The maximum absolute atomic E-state index is 6.26. The highest BCUT2D eigenvalue weighted by Crippen LogP contribution is 2.39. The lowest BCUT2D eigenvalue weighted by atomic mass is 10.3. The molecule has 1 heterocycles. The lowest BCUT2D eigenvalue weighted by Gasteiger charge is -2.06. The van der Waals surface area contributed by atoms with Crippen molar-refractivity contribution in [2.75, 3.05) is 0 Å². The highest BCUT2D eigenvalue weighted by atomic mass is 35.5. The second-order valence-electron chi connectivity index (χ2n) is 3.88. The molecule has 3 rings (SSSR count). The molecule has 0 aliphatic carbocycles. The van der Waals surface area contributed by atoms with E-state index in [-0.39, 0.29) is 12.4 Å². The summed E-state index contributed by atoms with van der Waals surface area (Å²) in [6.45, 7) is 0. The van der Waals surface area contributed by atoms with Crippen molar-refractivity contribution in [1.82, 2.24) is 9.97 Å². The normalized spacial score (nSPS) is 10.6. The third-order valence-electron chi connectivity index (χ3n) is 2.59. The minimum absolute atomic E-state index is 0. The molecular formula is C13H8Cl4N2S. The molecule has 2 nitrogen and oxygen atoms in total. The molecule has 0 spiro atoms. The maximum Gasteiger partial charge on any atom is 0.0931 e. The molecule has 0 saturated heterocycles. The zero-order valence-electron chi connectivity index (χ0n) is 9.86. The zero-order valence-corrected chi connectivity index (χ0v) is 13.8. The molecule has 20 heavy (non-hydrogen) atoms. The van der Waals surface area contributed by atoms with Crippen LogP contribution in [0.15, 0.2) is 46.5 Å². The molecule has 0 fully saturated rings. The van der Waals surface area contributed by atoms with E-state index in [9.17, 15) is 0 Å². The molecule has 0 saturated carbocycles. The van der Waals surface area contributed by atoms with Gasteiger partial charge in [-0.15, -0.1) is 12.4 Å². The van der Waals surface area contributed by atoms with E-state index >= 15 is 0 Å². The Morgan fingerprint density at radius 1 is 0.950 bits per heavy atom. The number of imidazole rings is 1. The van der Waals surface area contributed by atoms with Gasteiger partial charge in [-0.2, -0.15) is 0 Å². The Hall–Kier alpha value is -0.580. The summed E-state index contributed by atoms with van der Waals surface area (Å²) in [5.41, 5.74) is 1.79. The van der Waals surface area contributed by atoms with Crippen molar-refractivity contribution in [3.63, 3.8) is 0 Å². The summed E-state index contributed by atoms with van der Waals surface area (Å²) in [5.74, 6) is 0. The van der Waals surface area contributed by atoms with Crippen LogP contribution < -0.4 is 0 Å². The standard InChI is InChI=1S/C13H7Cl3N2S.ClH/c14-7-1-2-12(8(15)3-7)19-13-5-11-10(4-9(13)16)17-6-18-11;/h1-6H,(H,17,18);1H. The molecule has 0 unspecified atom stereocenters. The van der Waals surface area contributed by atoms with E-state index in [1.807, 2.05) is 18.2 Å². The minimum Gasteiger partial charge on any atom is -0.345 e. The topological polar surface area (TPSA) is 28.7 Å². The monoisotopic (exact) mass is 364 g/mol. The predicted octanol–water partition coefficient (Wildman–Crippen LogP) is 6.10. The quantitative estimate of drug-likeness (QED) is 0.594. The van der Waals surface area contributed by atoms with Crippen molar-refractivity contribution in [2.45, 2.75) is 9.79 Å². The Balaban J connectivity index is 0.00000147. The van der Waals surface area contributed by atoms with Crippen LogP contribution in [0, 0.1) is 0 Å². The fourth-order valence-electron chi connectivity index (χ4n) is 1.69. The van der Waals surface area contributed by atoms with Crippen LogP contribution in [0.2, 0.25) is 15.1 Å². The van der Waals surface area contributed by atoms with Gasteiger partial charge in [0.05, 0.1) is 27.4 Å². The molecule has 0 amide bonds. The highest BCUT2D eigenvalue weighted by molar-refractivity contribution is 7.99. The van der Waals surface area contributed by atoms with Gasteiger partial charge in [0, 0.05) is 14.8 Å². The first-order valence-corrected chi connectivity index (χ1v) is 7.34. The van der Waals surface area contributed by atoms with Crippen molar-refractivity contribution < 1.29 is 0 Å². The van der Waals surface area contributed by atoms with Crippen LogP contribution in [0.4, 0.5) is 0 Å². The Morgan fingerprint density at radius 2 is 1.70 bits per heavy atom. The number of fused-ring (bicyclic) bond motifs is 1. The van der Waals surface area contributed by atoms with Gasteiger partial charge in [-0.1, -0.05) is 46.6 Å². The van der Waals surface area contributed by atoms with Gasteiger partial charge in [-0.25, -0.2) is 4.98 Å². The molecule has 104 valence electrons. The van der Waals surface area contributed by atoms with E-state index in [4.69, 9.17) is 34.8 Å². The third-order valence-corrected chi connectivity index (χ3v) is 4.81. The summed E-state index contributed by atoms with van der Waals surface area (Å²) in [5, 5.41) is 1.88. The molecule has 2 aromatic carbocycles. The van der Waals surface area contributed by atoms with Crippen LogP contribution in [0.25, 0.3) is 11.0 Å². The van der Waals surface area contributed by atoms with Crippen molar-refractivity contribution in [1.29, 1.82) is 0 Å². The van der Waals surface area contributed by atoms with Crippen molar-refractivity contribution in [3.8, 4) is 0 Å². The predicted molar refractivity (Wildman–Crippen MR) is 88.9 cm³/mol. The Bertz CT molecular complexity index is 757. The van der Waals surface area contributed by atoms with E-state index < -0.39 is 0 Å². The molecule has 0 atom stereocenters. The van der Waals surface area contributed by atoms with E-state index in [1.54, 1.807) is 18.5 Å². The second-order valence-corrected chi connectivity index (χ2v) is 6.21. The fraction of sp³-hybridized carbons (Fsp3) is 0. The molecule has 7 heteroatoms. The largest absolute Gasteiger partial charge is 0.345 e. The van der Waals surface area contributed by atoms with Crippen LogP contribution >= 0.6 is 59.0 Å². The maximum atomic E-state index is 6.26. The third kappa shape index (κ3) is 3.18. The smallest absolute Gasteiger partial charge is 0.0931 e. The number of aromatic amines is 1. The van der Waals surface area contributed by atoms with E-state index in [0.29, 0.717) is 15.1 Å². The molecule has 0 aliphatic rings.